The maximum Gasteiger partial charge on any atom is 0.138 e. The van der Waals surface area contributed by atoms with Crippen LogP contribution in [0.4, 0.5) is 0 Å². The fraction of sp³-hybridized carbons (Fsp3) is 0.909. The summed E-state index contributed by atoms with van der Waals surface area (Å²) < 4.78 is 1.92. The van der Waals surface area contributed by atoms with Crippen molar-refractivity contribution in [2.75, 3.05) is 5.88 Å². The normalized spacial score (nSPS) is 25.8. The zero-order valence-corrected chi connectivity index (χ0v) is 10.3. The number of unbranched alkanes of at least 4 members (excludes halogenated alkanes) is 1. The molecule has 4 nitrogen and oxygen atoms in total. The third-order valence-electron chi connectivity index (χ3n) is 3.49. The number of hydrogen-bond acceptors (Lipinski definition) is 3. The third kappa shape index (κ3) is 3.17. The first-order valence-electron chi connectivity index (χ1n) is 6.18. The molecule has 1 saturated carbocycles. The van der Waals surface area contributed by atoms with Gasteiger partial charge in [-0.2, -0.15) is 0 Å². The minimum atomic E-state index is 0.518. The van der Waals surface area contributed by atoms with Gasteiger partial charge in [-0.15, -0.1) is 16.7 Å². The predicted octanol–water partition coefficient (Wildman–Crippen LogP) is 2.81. The van der Waals surface area contributed by atoms with Crippen LogP contribution in [0.5, 0.6) is 0 Å². The minimum absolute atomic E-state index is 0.518. The largest absolute Gasteiger partial charge is 0.229 e. The second kappa shape index (κ2) is 6.18. The van der Waals surface area contributed by atoms with E-state index in [0.717, 1.165) is 18.2 Å². The molecule has 0 saturated heterocycles. The van der Waals surface area contributed by atoms with Gasteiger partial charge in [0, 0.05) is 5.88 Å². The fourth-order valence-corrected chi connectivity index (χ4v) is 2.82. The Morgan fingerprint density at radius 2 is 2.25 bits per heavy atom. The van der Waals surface area contributed by atoms with E-state index in [0.29, 0.717) is 6.04 Å². The van der Waals surface area contributed by atoms with Crippen LogP contribution >= 0.6 is 11.6 Å². The van der Waals surface area contributed by atoms with Crippen molar-refractivity contribution >= 4 is 11.6 Å². The van der Waals surface area contributed by atoms with E-state index in [4.69, 9.17) is 11.6 Å². The zero-order chi connectivity index (χ0) is 11.2. The van der Waals surface area contributed by atoms with Gasteiger partial charge in [0.2, 0.25) is 0 Å². The van der Waals surface area contributed by atoms with Gasteiger partial charge in [-0.05, 0) is 35.6 Å². The van der Waals surface area contributed by atoms with Gasteiger partial charge in [-0.3, -0.25) is 0 Å². The van der Waals surface area contributed by atoms with Crippen molar-refractivity contribution in [1.29, 1.82) is 0 Å². The molecule has 1 aromatic rings. The fourth-order valence-electron chi connectivity index (χ4n) is 2.63. The highest BCUT2D eigenvalue weighted by atomic mass is 35.5. The molecule has 0 radical (unpaired) electrons. The van der Waals surface area contributed by atoms with E-state index in [9.17, 15) is 0 Å². The molecule has 1 aliphatic carbocycles. The molecule has 90 valence electrons. The van der Waals surface area contributed by atoms with Crippen LogP contribution in [0.25, 0.3) is 0 Å². The second-order valence-corrected chi connectivity index (χ2v) is 5.04. The molecule has 0 aliphatic heterocycles. The summed E-state index contributed by atoms with van der Waals surface area (Å²) >= 11 is 5.70. The summed E-state index contributed by atoms with van der Waals surface area (Å²) in [5.41, 5.74) is 0. The van der Waals surface area contributed by atoms with Gasteiger partial charge < -0.3 is 0 Å². The van der Waals surface area contributed by atoms with Crippen molar-refractivity contribution in [3.63, 3.8) is 0 Å². The molecule has 1 fully saturated rings. The summed E-state index contributed by atoms with van der Waals surface area (Å²) in [6.45, 7) is 0. The van der Waals surface area contributed by atoms with Crippen molar-refractivity contribution in [2.45, 2.75) is 51.0 Å². The Bertz CT molecular complexity index is 288. The van der Waals surface area contributed by atoms with Crippen LogP contribution < -0.4 is 0 Å². The van der Waals surface area contributed by atoms with E-state index in [-0.39, 0.29) is 0 Å². The molecule has 16 heavy (non-hydrogen) atoms. The molecule has 1 aromatic heterocycles. The average Bonchev–Trinajstić information content (AvgIpc) is 2.83. The molecule has 0 N–H and O–H groups in total. The topological polar surface area (TPSA) is 43.6 Å². The summed E-state index contributed by atoms with van der Waals surface area (Å²) in [7, 11) is 0. The molecular weight excluding hydrogens is 224 g/mol. The number of rotatable bonds is 5. The van der Waals surface area contributed by atoms with E-state index in [2.05, 4.69) is 15.5 Å². The number of aromatic nitrogens is 4. The van der Waals surface area contributed by atoms with Gasteiger partial charge in [-0.25, -0.2) is 4.68 Å². The number of tetrazole rings is 1. The van der Waals surface area contributed by atoms with Crippen LogP contribution in [0.1, 0.15) is 51.0 Å². The lowest BCUT2D eigenvalue weighted by Gasteiger charge is -2.28. The Balaban J connectivity index is 1.80. The van der Waals surface area contributed by atoms with Gasteiger partial charge >= 0.3 is 0 Å². The summed E-state index contributed by atoms with van der Waals surface area (Å²) in [5.74, 6) is 1.63. The van der Waals surface area contributed by atoms with Gasteiger partial charge in [0.1, 0.15) is 6.33 Å². The third-order valence-corrected chi connectivity index (χ3v) is 3.76. The van der Waals surface area contributed by atoms with Crippen molar-refractivity contribution < 1.29 is 0 Å². The minimum Gasteiger partial charge on any atom is -0.229 e. The van der Waals surface area contributed by atoms with E-state index < -0.39 is 0 Å². The quantitative estimate of drug-likeness (QED) is 0.589. The second-order valence-electron chi connectivity index (χ2n) is 4.66. The molecule has 0 aromatic carbocycles. The van der Waals surface area contributed by atoms with E-state index in [1.807, 2.05) is 4.68 Å². The SMILES string of the molecule is ClCCCC[C@@H]1CCC[C@H](n2cnnn2)C1. The first-order chi connectivity index (χ1) is 7.90. The Labute approximate surface area is 101 Å². The molecule has 0 spiro atoms. The van der Waals surface area contributed by atoms with Crippen LogP contribution in [-0.2, 0) is 0 Å². The van der Waals surface area contributed by atoms with E-state index in [1.54, 1.807) is 6.33 Å². The Morgan fingerprint density at radius 1 is 1.31 bits per heavy atom. The van der Waals surface area contributed by atoms with E-state index >= 15 is 0 Å². The zero-order valence-electron chi connectivity index (χ0n) is 9.56. The van der Waals surface area contributed by atoms with Gasteiger partial charge in [0.25, 0.3) is 0 Å². The number of nitrogens with zero attached hydrogens (tertiary/aromatic N) is 4. The van der Waals surface area contributed by atoms with E-state index in [1.165, 1.54) is 38.5 Å². The molecule has 0 unspecified atom stereocenters. The molecule has 5 heteroatoms. The molecule has 0 bridgehead atoms. The maximum absolute atomic E-state index is 5.70. The highest BCUT2D eigenvalue weighted by Gasteiger charge is 2.23. The Hall–Kier alpha value is -0.640. The van der Waals surface area contributed by atoms with Gasteiger partial charge in [-0.1, -0.05) is 25.7 Å². The van der Waals surface area contributed by atoms with Crippen LogP contribution in [0.15, 0.2) is 6.33 Å². The molecule has 1 aliphatic rings. The first kappa shape index (κ1) is 11.8. The van der Waals surface area contributed by atoms with Crippen LogP contribution in [0.3, 0.4) is 0 Å². The summed E-state index contributed by atoms with van der Waals surface area (Å²) in [6, 6.07) is 0.518. The standard InChI is InChI=1S/C11H19ClN4/c12-7-2-1-4-10-5-3-6-11(8-10)16-9-13-14-15-16/h9-11H,1-8H2/t10-,11+/m1/s1. The first-order valence-corrected chi connectivity index (χ1v) is 6.72. The van der Waals surface area contributed by atoms with Crippen molar-refractivity contribution in [3.05, 3.63) is 6.33 Å². The molecule has 0 amide bonds. The number of hydrogen-bond donors (Lipinski definition) is 0. The summed E-state index contributed by atoms with van der Waals surface area (Å²) in [4.78, 5) is 0. The molecular formula is C11H19ClN4. The van der Waals surface area contributed by atoms with Gasteiger partial charge in [0.15, 0.2) is 0 Å². The number of halogens is 1. The summed E-state index contributed by atoms with van der Waals surface area (Å²) in [6.07, 6.45) is 10.6. The lowest BCUT2D eigenvalue weighted by molar-refractivity contribution is 0.236. The van der Waals surface area contributed by atoms with Crippen molar-refractivity contribution in [3.8, 4) is 0 Å². The summed E-state index contributed by atoms with van der Waals surface area (Å²) in [5, 5.41) is 11.4. The number of alkyl halides is 1. The van der Waals surface area contributed by atoms with Crippen LogP contribution in [0.2, 0.25) is 0 Å². The Kier molecular flexibility index (Phi) is 4.57. The monoisotopic (exact) mass is 242 g/mol. The van der Waals surface area contributed by atoms with Crippen LogP contribution in [-0.4, -0.2) is 26.1 Å². The highest BCUT2D eigenvalue weighted by Crippen LogP contribution is 2.34. The van der Waals surface area contributed by atoms with Crippen molar-refractivity contribution in [2.24, 2.45) is 5.92 Å². The maximum atomic E-state index is 5.70. The average molecular weight is 243 g/mol. The van der Waals surface area contributed by atoms with Gasteiger partial charge in [0.05, 0.1) is 6.04 Å². The molecule has 1 heterocycles. The van der Waals surface area contributed by atoms with Crippen LogP contribution in [0, 0.1) is 5.92 Å². The molecule has 2 rings (SSSR count). The lowest BCUT2D eigenvalue weighted by atomic mass is 9.83. The smallest absolute Gasteiger partial charge is 0.138 e. The lowest BCUT2D eigenvalue weighted by Crippen LogP contribution is -2.19. The van der Waals surface area contributed by atoms with Crippen molar-refractivity contribution in [1.82, 2.24) is 20.2 Å². The molecule has 2 atom stereocenters. The predicted molar refractivity (Wildman–Crippen MR) is 63.4 cm³/mol. The highest BCUT2D eigenvalue weighted by molar-refractivity contribution is 6.17. The Morgan fingerprint density at radius 3 is 3.00 bits per heavy atom.